The van der Waals surface area contributed by atoms with Gasteiger partial charge in [0, 0.05) is 11.8 Å². The number of rotatable bonds is 2. The molecule has 1 heterocycles. The summed E-state index contributed by atoms with van der Waals surface area (Å²) in [7, 11) is 0. The van der Waals surface area contributed by atoms with Crippen LogP contribution in [0.15, 0.2) is 12.4 Å². The highest BCUT2D eigenvalue weighted by molar-refractivity contribution is 5.51. The number of aliphatic hydroxyl groups excluding tert-OH is 1. The predicted molar refractivity (Wildman–Crippen MR) is 72.8 cm³/mol. The van der Waals surface area contributed by atoms with Crippen molar-refractivity contribution in [1.29, 1.82) is 0 Å². The first-order valence-corrected chi connectivity index (χ1v) is 6.18. The molecule has 1 aromatic heterocycles. The first-order valence-electron chi connectivity index (χ1n) is 6.18. The number of nitrogens with zero attached hydrogens (tertiary/aromatic N) is 1. The maximum absolute atomic E-state index is 10.5. The molecule has 0 aliphatic rings. The third-order valence-electron chi connectivity index (χ3n) is 4.17. The summed E-state index contributed by atoms with van der Waals surface area (Å²) in [5.74, 6) is 0. The van der Waals surface area contributed by atoms with Crippen molar-refractivity contribution >= 4 is 0 Å². The molecule has 3 heteroatoms. The minimum absolute atomic E-state index is 0.609. The molecule has 0 amide bonds. The van der Waals surface area contributed by atoms with Crippen molar-refractivity contribution in [2.45, 2.75) is 40.7 Å². The van der Waals surface area contributed by atoms with E-state index in [0.717, 1.165) is 11.1 Å². The minimum atomic E-state index is -0.609. The SMILES string of the molecule is Cc1c(C)c(C)c(C(O)c2cn[nH]c2)c(C)c1C. The fourth-order valence-corrected chi connectivity index (χ4v) is 2.52. The Labute approximate surface area is 108 Å². The Bertz CT molecular complexity index is 542. The second kappa shape index (κ2) is 4.58. The van der Waals surface area contributed by atoms with Crippen molar-refractivity contribution in [3.63, 3.8) is 0 Å². The van der Waals surface area contributed by atoms with E-state index >= 15 is 0 Å². The second-order valence-corrected chi connectivity index (χ2v) is 4.97. The smallest absolute Gasteiger partial charge is 0.108 e. The molecule has 0 saturated heterocycles. The number of nitrogens with one attached hydrogen (secondary N) is 1. The fraction of sp³-hybridized carbons (Fsp3) is 0.400. The lowest BCUT2D eigenvalue weighted by Crippen LogP contribution is -2.08. The molecule has 1 aromatic carbocycles. The van der Waals surface area contributed by atoms with Crippen LogP contribution in [0.1, 0.15) is 45.0 Å². The quantitative estimate of drug-likeness (QED) is 0.853. The van der Waals surface area contributed by atoms with Crippen molar-refractivity contribution < 1.29 is 5.11 Å². The summed E-state index contributed by atoms with van der Waals surface area (Å²) in [6.45, 7) is 10.5. The first kappa shape index (κ1) is 12.8. The van der Waals surface area contributed by atoms with E-state index in [-0.39, 0.29) is 0 Å². The summed E-state index contributed by atoms with van der Waals surface area (Å²) < 4.78 is 0. The van der Waals surface area contributed by atoms with Crippen LogP contribution in [0.25, 0.3) is 0 Å². The van der Waals surface area contributed by atoms with Gasteiger partial charge in [-0.15, -0.1) is 0 Å². The standard InChI is InChI=1S/C15H20N2O/c1-8-9(2)11(4)14(12(5)10(8)3)15(18)13-6-16-17-7-13/h6-7,15,18H,1-5H3,(H,16,17). The lowest BCUT2D eigenvalue weighted by atomic mass is 9.86. The van der Waals surface area contributed by atoms with Gasteiger partial charge in [0.15, 0.2) is 0 Å². The molecule has 0 saturated carbocycles. The topological polar surface area (TPSA) is 48.9 Å². The van der Waals surface area contributed by atoms with E-state index in [9.17, 15) is 5.11 Å². The van der Waals surface area contributed by atoms with Gasteiger partial charge in [-0.25, -0.2) is 0 Å². The predicted octanol–water partition coefficient (Wildman–Crippen LogP) is 3.03. The molecule has 1 unspecified atom stereocenters. The van der Waals surface area contributed by atoms with Gasteiger partial charge in [-0.05, 0) is 68.0 Å². The Balaban J connectivity index is 2.65. The van der Waals surface area contributed by atoms with Crippen LogP contribution in [0.2, 0.25) is 0 Å². The summed E-state index contributed by atoms with van der Waals surface area (Å²) in [4.78, 5) is 0. The van der Waals surface area contributed by atoms with Gasteiger partial charge in [0.25, 0.3) is 0 Å². The summed E-state index contributed by atoms with van der Waals surface area (Å²) in [5.41, 5.74) is 7.99. The molecule has 2 rings (SSSR count). The highest BCUT2D eigenvalue weighted by Gasteiger charge is 2.20. The van der Waals surface area contributed by atoms with Crippen molar-refractivity contribution in [3.05, 3.63) is 51.3 Å². The highest BCUT2D eigenvalue weighted by Crippen LogP contribution is 2.33. The molecule has 1 atom stereocenters. The van der Waals surface area contributed by atoms with Gasteiger partial charge < -0.3 is 5.11 Å². The second-order valence-electron chi connectivity index (χ2n) is 4.97. The molecule has 0 fully saturated rings. The summed E-state index contributed by atoms with van der Waals surface area (Å²) in [6.07, 6.45) is 2.81. The lowest BCUT2D eigenvalue weighted by molar-refractivity contribution is 0.218. The summed E-state index contributed by atoms with van der Waals surface area (Å²) >= 11 is 0. The van der Waals surface area contributed by atoms with Gasteiger partial charge in [0.05, 0.1) is 6.20 Å². The van der Waals surface area contributed by atoms with Gasteiger partial charge >= 0.3 is 0 Å². The first-order chi connectivity index (χ1) is 8.45. The largest absolute Gasteiger partial charge is 0.384 e. The molecular formula is C15H20N2O. The van der Waals surface area contributed by atoms with Gasteiger partial charge in [0.2, 0.25) is 0 Å². The third kappa shape index (κ3) is 1.85. The molecule has 2 N–H and O–H groups in total. The minimum Gasteiger partial charge on any atom is -0.384 e. The number of aromatic amines is 1. The van der Waals surface area contributed by atoms with E-state index in [4.69, 9.17) is 0 Å². The van der Waals surface area contributed by atoms with Crippen LogP contribution in [-0.4, -0.2) is 15.3 Å². The zero-order chi connectivity index (χ0) is 13.4. The van der Waals surface area contributed by atoms with Crippen molar-refractivity contribution in [2.75, 3.05) is 0 Å². The van der Waals surface area contributed by atoms with Crippen molar-refractivity contribution in [2.24, 2.45) is 0 Å². The Kier molecular flexibility index (Phi) is 3.26. The summed E-state index contributed by atoms with van der Waals surface area (Å²) in [6, 6.07) is 0. The number of aromatic nitrogens is 2. The van der Waals surface area contributed by atoms with Crippen LogP contribution in [0, 0.1) is 34.6 Å². The van der Waals surface area contributed by atoms with E-state index in [2.05, 4.69) is 44.8 Å². The maximum Gasteiger partial charge on any atom is 0.108 e. The van der Waals surface area contributed by atoms with E-state index in [1.807, 2.05) is 0 Å². The average molecular weight is 244 g/mol. The Morgan fingerprint density at radius 3 is 1.89 bits per heavy atom. The number of aliphatic hydroxyl groups is 1. The zero-order valence-electron chi connectivity index (χ0n) is 11.6. The molecule has 3 nitrogen and oxygen atoms in total. The fourth-order valence-electron chi connectivity index (χ4n) is 2.52. The number of benzene rings is 1. The molecule has 2 aromatic rings. The van der Waals surface area contributed by atoms with Crippen LogP contribution in [0.3, 0.4) is 0 Å². The molecule has 0 aliphatic carbocycles. The van der Waals surface area contributed by atoms with E-state index in [1.165, 1.54) is 27.8 Å². The van der Waals surface area contributed by atoms with Gasteiger partial charge in [0.1, 0.15) is 6.10 Å². The van der Waals surface area contributed by atoms with Crippen molar-refractivity contribution in [3.8, 4) is 0 Å². The van der Waals surface area contributed by atoms with E-state index < -0.39 is 6.10 Å². The van der Waals surface area contributed by atoms with E-state index in [1.54, 1.807) is 12.4 Å². The molecule has 0 radical (unpaired) electrons. The monoisotopic (exact) mass is 244 g/mol. The molecule has 0 aliphatic heterocycles. The average Bonchev–Trinajstić information content (AvgIpc) is 2.88. The van der Waals surface area contributed by atoms with Crippen molar-refractivity contribution in [1.82, 2.24) is 10.2 Å². The van der Waals surface area contributed by atoms with Crippen LogP contribution < -0.4 is 0 Å². The normalized spacial score (nSPS) is 12.8. The number of hydrogen-bond acceptors (Lipinski definition) is 2. The molecule has 96 valence electrons. The Hall–Kier alpha value is -1.61. The third-order valence-corrected chi connectivity index (χ3v) is 4.17. The van der Waals surface area contributed by atoms with Gasteiger partial charge in [-0.3, -0.25) is 5.10 Å². The zero-order valence-corrected chi connectivity index (χ0v) is 11.6. The maximum atomic E-state index is 10.5. The van der Waals surface area contributed by atoms with Crippen LogP contribution in [0.5, 0.6) is 0 Å². The molecule has 18 heavy (non-hydrogen) atoms. The van der Waals surface area contributed by atoms with Crippen LogP contribution >= 0.6 is 0 Å². The molecular weight excluding hydrogens is 224 g/mol. The Morgan fingerprint density at radius 2 is 1.44 bits per heavy atom. The Morgan fingerprint density at radius 1 is 0.944 bits per heavy atom. The van der Waals surface area contributed by atoms with Crippen LogP contribution in [0.4, 0.5) is 0 Å². The molecule has 0 spiro atoms. The lowest BCUT2D eigenvalue weighted by Gasteiger charge is -2.21. The van der Waals surface area contributed by atoms with Gasteiger partial charge in [-0.2, -0.15) is 5.10 Å². The summed E-state index contributed by atoms with van der Waals surface area (Å²) in [5, 5.41) is 17.2. The number of hydrogen-bond donors (Lipinski definition) is 2. The van der Waals surface area contributed by atoms with E-state index in [0.29, 0.717) is 0 Å². The highest BCUT2D eigenvalue weighted by atomic mass is 16.3. The van der Waals surface area contributed by atoms with Gasteiger partial charge in [-0.1, -0.05) is 0 Å². The van der Waals surface area contributed by atoms with Crippen LogP contribution in [-0.2, 0) is 0 Å². The molecule has 0 bridgehead atoms. The number of H-pyrrole nitrogens is 1.